The van der Waals surface area contributed by atoms with Crippen LogP contribution in [0.25, 0.3) is 16.5 Å². The summed E-state index contributed by atoms with van der Waals surface area (Å²) < 4.78 is 2.22. The third-order valence-electron chi connectivity index (χ3n) is 4.20. The molecule has 0 radical (unpaired) electrons. The van der Waals surface area contributed by atoms with Gasteiger partial charge in [-0.05, 0) is 48.6 Å². The largest absolute Gasteiger partial charge is 0.350 e. The fourth-order valence-electron chi connectivity index (χ4n) is 3.06. The third-order valence-corrected chi connectivity index (χ3v) is 4.20. The van der Waals surface area contributed by atoms with Crippen LogP contribution in [0.4, 0.5) is 0 Å². The van der Waals surface area contributed by atoms with Gasteiger partial charge >= 0.3 is 0 Å². The molecule has 0 aliphatic heterocycles. The van der Waals surface area contributed by atoms with E-state index in [-0.39, 0.29) is 0 Å². The number of benzene rings is 2. The van der Waals surface area contributed by atoms with Crippen LogP contribution in [0.3, 0.4) is 0 Å². The number of fused-ring (bicyclic) bond motifs is 1. The van der Waals surface area contributed by atoms with E-state index in [4.69, 9.17) is 0 Å². The number of hydrogen-bond acceptors (Lipinski definition) is 0. The van der Waals surface area contributed by atoms with Crippen molar-refractivity contribution in [2.24, 2.45) is 7.05 Å². The molecular formula is C20H21N. The normalized spacial score (nSPS) is 12.0. The molecular weight excluding hydrogens is 254 g/mol. The van der Waals surface area contributed by atoms with Crippen molar-refractivity contribution in [1.82, 2.24) is 4.57 Å². The molecule has 1 aromatic heterocycles. The van der Waals surface area contributed by atoms with Crippen LogP contribution in [-0.2, 0) is 13.5 Å². The molecule has 0 saturated carbocycles. The predicted octanol–water partition coefficient (Wildman–Crippen LogP) is 5.13. The number of hydrogen-bond donors (Lipinski definition) is 0. The van der Waals surface area contributed by atoms with E-state index in [2.05, 4.69) is 86.3 Å². The Bertz CT molecular complexity index is 806. The highest BCUT2D eigenvalue weighted by Gasteiger charge is 2.10. The molecule has 0 N–H and O–H groups in total. The van der Waals surface area contributed by atoms with E-state index >= 15 is 0 Å². The van der Waals surface area contributed by atoms with E-state index in [1.165, 1.54) is 33.2 Å². The molecule has 0 spiro atoms. The topological polar surface area (TPSA) is 4.93 Å². The number of aromatic nitrogens is 1. The number of allylic oxidation sites excluding steroid dienone is 2. The molecule has 0 saturated heterocycles. The van der Waals surface area contributed by atoms with Gasteiger partial charge in [-0.15, -0.1) is 0 Å². The minimum atomic E-state index is 0.975. The molecule has 1 heteroatoms. The Morgan fingerprint density at radius 1 is 1.05 bits per heavy atom. The van der Waals surface area contributed by atoms with Crippen LogP contribution in [0.2, 0.25) is 0 Å². The molecule has 0 bridgehead atoms. The van der Waals surface area contributed by atoms with Gasteiger partial charge in [0.1, 0.15) is 0 Å². The molecule has 3 rings (SSSR count). The van der Waals surface area contributed by atoms with Gasteiger partial charge in [-0.3, -0.25) is 0 Å². The Kier molecular flexibility index (Phi) is 3.66. The number of para-hydroxylation sites is 1. The Labute approximate surface area is 126 Å². The molecule has 106 valence electrons. The highest BCUT2D eigenvalue weighted by molar-refractivity contribution is 5.86. The molecule has 0 aliphatic rings. The zero-order chi connectivity index (χ0) is 14.8. The van der Waals surface area contributed by atoms with E-state index in [1.807, 2.05) is 0 Å². The fraction of sp³-hybridized carbons (Fsp3) is 0.200. The highest BCUT2D eigenvalue weighted by atomic mass is 14.9. The Balaban J connectivity index is 2.03. The summed E-state index contributed by atoms with van der Waals surface area (Å²) in [6.45, 7) is 4.31. The molecule has 0 aliphatic carbocycles. The lowest BCUT2D eigenvalue weighted by Crippen LogP contribution is -1.93. The number of nitrogens with zero attached hydrogens (tertiary/aromatic N) is 1. The summed E-state index contributed by atoms with van der Waals surface area (Å²) in [4.78, 5) is 0. The van der Waals surface area contributed by atoms with Gasteiger partial charge in [-0.1, -0.05) is 48.5 Å². The third kappa shape index (κ3) is 2.52. The van der Waals surface area contributed by atoms with E-state index < -0.39 is 0 Å². The van der Waals surface area contributed by atoms with Crippen molar-refractivity contribution in [2.75, 3.05) is 0 Å². The minimum absolute atomic E-state index is 0.975. The summed E-state index contributed by atoms with van der Waals surface area (Å²) in [7, 11) is 2.12. The second-order valence-electron chi connectivity index (χ2n) is 5.59. The molecule has 3 aromatic rings. The quantitative estimate of drug-likeness (QED) is 0.624. The lowest BCUT2D eigenvalue weighted by Gasteiger charge is -2.10. The summed E-state index contributed by atoms with van der Waals surface area (Å²) in [6, 6.07) is 17.2. The second kappa shape index (κ2) is 5.61. The minimum Gasteiger partial charge on any atom is -0.350 e. The fourth-order valence-corrected chi connectivity index (χ4v) is 3.06. The first kappa shape index (κ1) is 13.7. The first-order valence-corrected chi connectivity index (χ1v) is 7.45. The van der Waals surface area contributed by atoms with E-state index in [9.17, 15) is 0 Å². The van der Waals surface area contributed by atoms with E-state index in [1.54, 1.807) is 0 Å². The van der Waals surface area contributed by atoms with Crippen LogP contribution in [0.5, 0.6) is 0 Å². The van der Waals surface area contributed by atoms with Gasteiger partial charge in [0, 0.05) is 24.1 Å². The average Bonchev–Trinajstić information content (AvgIpc) is 2.82. The van der Waals surface area contributed by atoms with Gasteiger partial charge in [0.2, 0.25) is 0 Å². The van der Waals surface area contributed by atoms with Crippen molar-refractivity contribution in [1.29, 1.82) is 0 Å². The van der Waals surface area contributed by atoms with Crippen molar-refractivity contribution in [2.45, 2.75) is 20.3 Å². The molecule has 0 unspecified atom stereocenters. The van der Waals surface area contributed by atoms with Crippen molar-refractivity contribution in [3.8, 4) is 0 Å². The summed E-state index contributed by atoms with van der Waals surface area (Å²) >= 11 is 0. The van der Waals surface area contributed by atoms with Crippen LogP contribution >= 0.6 is 0 Å². The van der Waals surface area contributed by atoms with Crippen LogP contribution < -0.4 is 0 Å². The summed E-state index contributed by atoms with van der Waals surface area (Å²) in [6.07, 6.45) is 5.47. The van der Waals surface area contributed by atoms with Gasteiger partial charge in [-0.2, -0.15) is 0 Å². The standard InChI is InChI=1S/C20H21N/c1-4-16(18-10-6-5-9-15(18)2)13-17-14-21(3)20-12-8-7-11-19(17)20/h4-12,14H,13H2,1-3H3/b16-4-. The zero-order valence-corrected chi connectivity index (χ0v) is 12.9. The molecule has 0 atom stereocenters. The first-order chi connectivity index (χ1) is 10.2. The van der Waals surface area contributed by atoms with Gasteiger partial charge < -0.3 is 4.57 Å². The summed E-state index contributed by atoms with van der Waals surface area (Å²) in [5, 5.41) is 1.35. The van der Waals surface area contributed by atoms with Crippen LogP contribution in [0.1, 0.15) is 23.6 Å². The molecule has 0 amide bonds. The van der Waals surface area contributed by atoms with Crippen LogP contribution in [-0.4, -0.2) is 4.57 Å². The SMILES string of the molecule is C/C=C(/Cc1cn(C)c2ccccc12)c1ccccc1C. The van der Waals surface area contributed by atoms with E-state index in [0.717, 1.165) is 6.42 Å². The van der Waals surface area contributed by atoms with Crippen molar-refractivity contribution >= 4 is 16.5 Å². The molecule has 1 heterocycles. The van der Waals surface area contributed by atoms with Crippen molar-refractivity contribution in [3.05, 3.63) is 77.5 Å². The average molecular weight is 275 g/mol. The van der Waals surface area contributed by atoms with E-state index in [0.29, 0.717) is 0 Å². The van der Waals surface area contributed by atoms with Gasteiger partial charge in [0.25, 0.3) is 0 Å². The number of rotatable bonds is 3. The van der Waals surface area contributed by atoms with Gasteiger partial charge in [0.05, 0.1) is 0 Å². The smallest absolute Gasteiger partial charge is 0.0480 e. The molecule has 2 aromatic carbocycles. The number of aryl methyl sites for hydroxylation is 2. The maximum atomic E-state index is 2.26. The predicted molar refractivity (Wildman–Crippen MR) is 91.5 cm³/mol. The summed E-state index contributed by atoms with van der Waals surface area (Å²) in [5.74, 6) is 0. The van der Waals surface area contributed by atoms with Crippen molar-refractivity contribution < 1.29 is 0 Å². The van der Waals surface area contributed by atoms with Gasteiger partial charge in [0.15, 0.2) is 0 Å². The zero-order valence-electron chi connectivity index (χ0n) is 12.9. The van der Waals surface area contributed by atoms with Crippen LogP contribution in [0, 0.1) is 6.92 Å². The second-order valence-corrected chi connectivity index (χ2v) is 5.59. The van der Waals surface area contributed by atoms with Gasteiger partial charge in [-0.25, -0.2) is 0 Å². The molecule has 1 nitrogen and oxygen atoms in total. The Hall–Kier alpha value is -2.28. The van der Waals surface area contributed by atoms with Crippen molar-refractivity contribution in [3.63, 3.8) is 0 Å². The Morgan fingerprint density at radius 2 is 1.76 bits per heavy atom. The molecule has 0 fully saturated rings. The first-order valence-electron chi connectivity index (χ1n) is 7.45. The molecule has 21 heavy (non-hydrogen) atoms. The monoisotopic (exact) mass is 275 g/mol. The lowest BCUT2D eigenvalue weighted by molar-refractivity contribution is 0.960. The lowest BCUT2D eigenvalue weighted by atomic mass is 9.94. The maximum Gasteiger partial charge on any atom is 0.0480 e. The summed E-state index contributed by atoms with van der Waals surface area (Å²) in [5.41, 5.74) is 6.78. The maximum absolute atomic E-state index is 2.26. The Morgan fingerprint density at radius 3 is 2.52 bits per heavy atom. The van der Waals surface area contributed by atoms with Crippen LogP contribution in [0.15, 0.2) is 60.8 Å². The highest BCUT2D eigenvalue weighted by Crippen LogP contribution is 2.27.